The number of benzene rings is 2. The van der Waals surface area contributed by atoms with Gasteiger partial charge in [-0.2, -0.15) is 0 Å². The van der Waals surface area contributed by atoms with E-state index < -0.39 is 0 Å². The summed E-state index contributed by atoms with van der Waals surface area (Å²) in [6.45, 7) is 2.79. The number of fused-ring (bicyclic) bond motifs is 3. The Balaban J connectivity index is 1.77. The van der Waals surface area contributed by atoms with Crippen molar-refractivity contribution in [3.8, 4) is 5.75 Å². The topological polar surface area (TPSA) is 25.6 Å². The molecular formula is C21H19NO2. The summed E-state index contributed by atoms with van der Waals surface area (Å²) in [5, 5.41) is 0. The van der Waals surface area contributed by atoms with Crippen molar-refractivity contribution >= 4 is 17.3 Å². The lowest BCUT2D eigenvalue weighted by Gasteiger charge is -2.32. The highest BCUT2D eigenvalue weighted by Crippen LogP contribution is 2.49. The Hall–Kier alpha value is -2.68. The molecule has 0 amide bonds. The first-order valence-electron chi connectivity index (χ1n) is 8.53. The first-order valence-corrected chi connectivity index (χ1v) is 8.53. The Morgan fingerprint density at radius 1 is 0.917 bits per heavy atom. The molecule has 0 radical (unpaired) electrons. The van der Waals surface area contributed by atoms with E-state index in [0.29, 0.717) is 0 Å². The number of anilines is 3. The van der Waals surface area contributed by atoms with Gasteiger partial charge in [0.1, 0.15) is 11.5 Å². The van der Waals surface area contributed by atoms with Crippen LogP contribution in [0.5, 0.6) is 5.75 Å². The molecule has 0 fully saturated rings. The van der Waals surface area contributed by atoms with Crippen LogP contribution in [0.4, 0.5) is 17.3 Å². The molecule has 3 heterocycles. The number of para-hydroxylation sites is 2. The van der Waals surface area contributed by atoms with Crippen molar-refractivity contribution in [2.24, 2.45) is 0 Å². The lowest BCUT2D eigenvalue weighted by Crippen LogP contribution is -2.20. The summed E-state index contributed by atoms with van der Waals surface area (Å²) in [5.41, 5.74) is 6.10. The molecule has 3 aromatic rings. The Labute approximate surface area is 141 Å². The van der Waals surface area contributed by atoms with Gasteiger partial charge < -0.3 is 9.15 Å². The summed E-state index contributed by atoms with van der Waals surface area (Å²) in [6, 6.07) is 17.1. The zero-order valence-corrected chi connectivity index (χ0v) is 13.7. The molecule has 2 aliphatic heterocycles. The maximum atomic E-state index is 6.09. The SMILES string of the molecule is Cc1cc2c(o1)N(c1cccc3c1OCCC3)c1ccccc1C2. The van der Waals surface area contributed by atoms with Crippen molar-refractivity contribution in [1.29, 1.82) is 0 Å². The predicted octanol–water partition coefficient (Wildman–Crippen LogP) is 5.29. The minimum absolute atomic E-state index is 0.781. The average molecular weight is 317 g/mol. The van der Waals surface area contributed by atoms with Crippen LogP contribution in [-0.2, 0) is 12.8 Å². The standard InChI is InChI=1S/C21H19NO2/c1-14-12-17-13-16-6-2-3-9-18(16)22(21(17)24-14)19-10-4-7-15-8-5-11-23-20(15)19/h2-4,6-7,9-10,12H,5,8,11,13H2,1H3. The first-order chi connectivity index (χ1) is 11.8. The Kier molecular flexibility index (Phi) is 2.96. The van der Waals surface area contributed by atoms with Gasteiger partial charge in [0.2, 0.25) is 5.88 Å². The molecule has 1 aromatic heterocycles. The van der Waals surface area contributed by atoms with E-state index in [9.17, 15) is 0 Å². The molecule has 24 heavy (non-hydrogen) atoms. The fourth-order valence-corrected chi connectivity index (χ4v) is 3.85. The molecule has 0 atom stereocenters. The van der Waals surface area contributed by atoms with Crippen LogP contribution in [-0.4, -0.2) is 6.61 Å². The lowest BCUT2D eigenvalue weighted by atomic mass is 9.97. The van der Waals surface area contributed by atoms with Crippen molar-refractivity contribution in [1.82, 2.24) is 0 Å². The minimum Gasteiger partial charge on any atom is -0.491 e. The van der Waals surface area contributed by atoms with E-state index in [1.165, 1.54) is 22.4 Å². The van der Waals surface area contributed by atoms with Crippen LogP contribution in [0.25, 0.3) is 0 Å². The second kappa shape index (κ2) is 5.17. The lowest BCUT2D eigenvalue weighted by molar-refractivity contribution is 0.289. The van der Waals surface area contributed by atoms with E-state index in [1.807, 2.05) is 6.92 Å². The van der Waals surface area contributed by atoms with Gasteiger partial charge in [-0.1, -0.05) is 30.3 Å². The van der Waals surface area contributed by atoms with Crippen LogP contribution in [0.15, 0.2) is 52.9 Å². The van der Waals surface area contributed by atoms with Crippen LogP contribution < -0.4 is 9.64 Å². The number of rotatable bonds is 1. The van der Waals surface area contributed by atoms with Crippen LogP contribution in [0, 0.1) is 6.92 Å². The maximum Gasteiger partial charge on any atom is 0.208 e. The fourth-order valence-electron chi connectivity index (χ4n) is 3.85. The molecule has 0 unspecified atom stereocenters. The average Bonchev–Trinajstić information content (AvgIpc) is 2.99. The molecule has 0 aliphatic carbocycles. The molecule has 0 saturated heterocycles. The smallest absolute Gasteiger partial charge is 0.208 e. The number of furan rings is 1. The molecule has 0 N–H and O–H groups in total. The van der Waals surface area contributed by atoms with E-state index in [-0.39, 0.29) is 0 Å². The van der Waals surface area contributed by atoms with Crippen molar-refractivity contribution in [2.75, 3.05) is 11.5 Å². The molecule has 0 spiro atoms. The van der Waals surface area contributed by atoms with E-state index in [0.717, 1.165) is 49.0 Å². The number of hydrogen-bond acceptors (Lipinski definition) is 3. The summed E-state index contributed by atoms with van der Waals surface area (Å²) in [5.74, 6) is 2.87. The quantitative estimate of drug-likeness (QED) is 0.477. The van der Waals surface area contributed by atoms with Crippen molar-refractivity contribution in [3.05, 3.63) is 71.0 Å². The van der Waals surface area contributed by atoms with Gasteiger partial charge in [-0.25, -0.2) is 0 Å². The second-order valence-corrected chi connectivity index (χ2v) is 6.55. The molecule has 3 nitrogen and oxygen atoms in total. The molecule has 0 saturated carbocycles. The van der Waals surface area contributed by atoms with Crippen molar-refractivity contribution in [3.63, 3.8) is 0 Å². The summed E-state index contributed by atoms with van der Waals surface area (Å²) in [4.78, 5) is 2.23. The zero-order chi connectivity index (χ0) is 16.1. The van der Waals surface area contributed by atoms with Gasteiger partial charge in [0.25, 0.3) is 0 Å². The van der Waals surface area contributed by atoms with Crippen LogP contribution in [0.1, 0.15) is 28.9 Å². The third kappa shape index (κ3) is 1.97. The molecule has 5 rings (SSSR count). The third-order valence-corrected chi connectivity index (χ3v) is 4.88. The largest absolute Gasteiger partial charge is 0.491 e. The second-order valence-electron chi connectivity index (χ2n) is 6.55. The van der Waals surface area contributed by atoms with Crippen molar-refractivity contribution < 1.29 is 9.15 Å². The molecule has 2 aliphatic rings. The fraction of sp³-hybridized carbons (Fsp3) is 0.238. The van der Waals surface area contributed by atoms with Gasteiger partial charge in [-0.15, -0.1) is 0 Å². The van der Waals surface area contributed by atoms with Gasteiger partial charge in [0, 0.05) is 12.0 Å². The monoisotopic (exact) mass is 317 g/mol. The molecule has 0 bridgehead atoms. The predicted molar refractivity (Wildman–Crippen MR) is 94.8 cm³/mol. The van der Waals surface area contributed by atoms with E-state index in [2.05, 4.69) is 53.4 Å². The number of ether oxygens (including phenoxy) is 1. The maximum absolute atomic E-state index is 6.09. The van der Waals surface area contributed by atoms with E-state index in [1.54, 1.807) is 0 Å². The van der Waals surface area contributed by atoms with Gasteiger partial charge in [-0.05, 0) is 49.1 Å². The Morgan fingerprint density at radius 3 is 2.71 bits per heavy atom. The summed E-state index contributed by atoms with van der Waals surface area (Å²) < 4.78 is 12.2. The van der Waals surface area contributed by atoms with Crippen molar-refractivity contribution in [2.45, 2.75) is 26.2 Å². The molecule has 3 heteroatoms. The number of aryl methyl sites for hydroxylation is 2. The highest BCUT2D eigenvalue weighted by Gasteiger charge is 2.30. The number of nitrogens with zero attached hydrogens (tertiary/aromatic N) is 1. The van der Waals surface area contributed by atoms with E-state index in [4.69, 9.17) is 9.15 Å². The highest BCUT2D eigenvalue weighted by molar-refractivity contribution is 5.84. The Bertz CT molecular complexity index is 925. The van der Waals surface area contributed by atoms with Crippen LogP contribution in [0.2, 0.25) is 0 Å². The first kappa shape index (κ1) is 13.7. The molecule has 2 aromatic carbocycles. The summed E-state index contributed by atoms with van der Waals surface area (Å²) >= 11 is 0. The zero-order valence-electron chi connectivity index (χ0n) is 13.7. The van der Waals surface area contributed by atoms with Gasteiger partial charge in [0.15, 0.2) is 0 Å². The number of hydrogen-bond donors (Lipinski definition) is 0. The van der Waals surface area contributed by atoms with Crippen LogP contribution >= 0.6 is 0 Å². The van der Waals surface area contributed by atoms with Crippen LogP contribution in [0.3, 0.4) is 0 Å². The van der Waals surface area contributed by atoms with Gasteiger partial charge >= 0.3 is 0 Å². The van der Waals surface area contributed by atoms with Gasteiger partial charge in [-0.3, -0.25) is 4.90 Å². The highest BCUT2D eigenvalue weighted by atomic mass is 16.5. The third-order valence-electron chi connectivity index (χ3n) is 4.88. The normalized spacial score (nSPS) is 15.3. The summed E-state index contributed by atoms with van der Waals surface area (Å²) in [7, 11) is 0. The van der Waals surface area contributed by atoms with Gasteiger partial charge in [0.05, 0.1) is 18.0 Å². The molecule has 120 valence electrons. The minimum atomic E-state index is 0.781. The Morgan fingerprint density at radius 2 is 1.75 bits per heavy atom. The molecular weight excluding hydrogens is 298 g/mol. The summed E-state index contributed by atoms with van der Waals surface area (Å²) in [6.07, 6.45) is 3.07. The van der Waals surface area contributed by atoms with E-state index >= 15 is 0 Å².